The van der Waals surface area contributed by atoms with E-state index in [1.54, 1.807) is 24.5 Å². The number of fused-ring (bicyclic) bond motifs is 1. The van der Waals surface area contributed by atoms with Gasteiger partial charge in [-0.2, -0.15) is 13.2 Å². The predicted octanol–water partition coefficient (Wildman–Crippen LogP) is 5.78. The van der Waals surface area contributed by atoms with Crippen LogP contribution in [0.15, 0.2) is 48.8 Å². The fraction of sp³-hybridized carbons (Fsp3) is 0.261. The molecule has 4 aromatic rings. The molecule has 1 N–H and O–H groups in total. The van der Waals surface area contributed by atoms with Crippen LogP contribution in [0.2, 0.25) is 0 Å². The molecule has 4 rings (SSSR count). The first kappa shape index (κ1) is 22.8. The molecule has 2 aromatic heterocycles. The quantitative estimate of drug-likeness (QED) is 0.383. The number of thiazole rings is 1. The SMILES string of the molecule is Cc1nc(-c2ccc(C(F)(F)F)cc2)sc1Cn1cnc2ccc(OC(C)(C)C(=O)O)cc21. The molecule has 0 aliphatic rings. The van der Waals surface area contributed by atoms with Crippen molar-refractivity contribution in [2.75, 3.05) is 0 Å². The van der Waals surface area contributed by atoms with Crippen LogP contribution in [0.1, 0.15) is 30.0 Å². The molecule has 0 aliphatic carbocycles. The van der Waals surface area contributed by atoms with Crippen molar-refractivity contribution in [2.24, 2.45) is 0 Å². The second-order valence-corrected chi connectivity index (χ2v) is 9.13. The number of imidazole rings is 1. The van der Waals surface area contributed by atoms with Gasteiger partial charge in [0.2, 0.25) is 0 Å². The number of aromatic nitrogens is 3. The predicted molar refractivity (Wildman–Crippen MR) is 118 cm³/mol. The third kappa shape index (κ3) is 4.70. The number of carboxylic acids is 1. The Morgan fingerprint density at radius 2 is 1.85 bits per heavy atom. The number of aryl methyl sites for hydroxylation is 1. The van der Waals surface area contributed by atoms with Crippen molar-refractivity contribution in [1.29, 1.82) is 0 Å². The summed E-state index contributed by atoms with van der Waals surface area (Å²) in [6.45, 7) is 5.25. The number of halogens is 3. The van der Waals surface area contributed by atoms with E-state index >= 15 is 0 Å². The molecular weight excluding hydrogens is 455 g/mol. The number of rotatable bonds is 6. The van der Waals surface area contributed by atoms with E-state index < -0.39 is 23.3 Å². The molecule has 172 valence electrons. The van der Waals surface area contributed by atoms with Gasteiger partial charge in [-0.05, 0) is 45.0 Å². The van der Waals surface area contributed by atoms with E-state index in [1.165, 1.54) is 37.3 Å². The minimum Gasteiger partial charge on any atom is -0.478 e. The summed E-state index contributed by atoms with van der Waals surface area (Å²) in [5.74, 6) is -0.671. The van der Waals surface area contributed by atoms with Crippen LogP contribution < -0.4 is 4.74 Å². The molecule has 0 spiro atoms. The lowest BCUT2D eigenvalue weighted by Gasteiger charge is -2.21. The minimum atomic E-state index is -4.38. The summed E-state index contributed by atoms with van der Waals surface area (Å²) in [5, 5.41) is 9.94. The molecule has 2 aromatic carbocycles. The second-order valence-electron chi connectivity index (χ2n) is 8.04. The Labute approximate surface area is 191 Å². The fourth-order valence-corrected chi connectivity index (χ4v) is 4.29. The van der Waals surface area contributed by atoms with E-state index in [9.17, 15) is 23.1 Å². The summed E-state index contributed by atoms with van der Waals surface area (Å²) in [6, 6.07) is 10.1. The van der Waals surface area contributed by atoms with Crippen LogP contribution in [0, 0.1) is 6.92 Å². The van der Waals surface area contributed by atoms with Crippen molar-refractivity contribution in [3.8, 4) is 16.3 Å². The molecule has 0 fully saturated rings. The van der Waals surface area contributed by atoms with Gasteiger partial charge in [0.1, 0.15) is 10.8 Å². The lowest BCUT2D eigenvalue weighted by atomic mass is 10.1. The van der Waals surface area contributed by atoms with Crippen molar-refractivity contribution in [1.82, 2.24) is 14.5 Å². The van der Waals surface area contributed by atoms with E-state index in [1.807, 2.05) is 11.5 Å². The second kappa shape index (κ2) is 8.18. The molecule has 0 atom stereocenters. The maximum atomic E-state index is 12.8. The number of nitrogens with zero attached hydrogens (tertiary/aromatic N) is 3. The topological polar surface area (TPSA) is 77.2 Å². The summed E-state index contributed by atoms with van der Waals surface area (Å²) in [7, 11) is 0. The average Bonchev–Trinajstić information content (AvgIpc) is 3.31. The highest BCUT2D eigenvalue weighted by Crippen LogP contribution is 2.33. The normalized spacial score (nSPS) is 12.3. The van der Waals surface area contributed by atoms with Crippen molar-refractivity contribution < 1.29 is 27.8 Å². The van der Waals surface area contributed by atoms with Gasteiger partial charge in [-0.1, -0.05) is 12.1 Å². The van der Waals surface area contributed by atoms with Crippen molar-refractivity contribution in [2.45, 2.75) is 39.1 Å². The molecule has 0 radical (unpaired) electrons. The highest BCUT2D eigenvalue weighted by molar-refractivity contribution is 7.15. The van der Waals surface area contributed by atoms with Crippen LogP contribution in [-0.2, 0) is 17.5 Å². The Bertz CT molecular complexity index is 1320. The Kier molecular flexibility index (Phi) is 5.65. The van der Waals surface area contributed by atoms with Gasteiger partial charge >= 0.3 is 12.1 Å². The average molecular weight is 475 g/mol. The monoisotopic (exact) mass is 475 g/mol. The van der Waals surface area contributed by atoms with Gasteiger partial charge in [-0.3, -0.25) is 0 Å². The first-order valence-corrected chi connectivity index (χ1v) is 10.8. The van der Waals surface area contributed by atoms with E-state index in [0.29, 0.717) is 22.9 Å². The van der Waals surface area contributed by atoms with Gasteiger partial charge in [0.25, 0.3) is 0 Å². The zero-order chi connectivity index (χ0) is 24.0. The van der Waals surface area contributed by atoms with Crippen LogP contribution in [-0.4, -0.2) is 31.2 Å². The summed E-state index contributed by atoms with van der Waals surface area (Å²) >= 11 is 1.40. The zero-order valence-electron chi connectivity index (χ0n) is 18.0. The molecule has 0 bridgehead atoms. The number of hydrogen-bond donors (Lipinski definition) is 1. The highest BCUT2D eigenvalue weighted by Gasteiger charge is 2.30. The zero-order valence-corrected chi connectivity index (χ0v) is 18.8. The standard InChI is InChI=1S/C23H20F3N3O3S/c1-13-19(33-20(28-13)14-4-6-15(7-5-14)23(24,25)26)11-29-12-27-17-9-8-16(10-18(17)29)32-22(2,3)21(30)31/h4-10,12H,11H2,1-3H3,(H,30,31). The maximum Gasteiger partial charge on any atom is 0.416 e. The Morgan fingerprint density at radius 1 is 1.15 bits per heavy atom. The van der Waals surface area contributed by atoms with Crippen LogP contribution in [0.4, 0.5) is 13.2 Å². The van der Waals surface area contributed by atoms with Gasteiger partial charge in [0.15, 0.2) is 5.60 Å². The maximum absolute atomic E-state index is 12.8. The molecule has 0 aliphatic heterocycles. The van der Waals surface area contributed by atoms with Crippen LogP contribution in [0.3, 0.4) is 0 Å². The van der Waals surface area contributed by atoms with E-state index in [2.05, 4.69) is 9.97 Å². The summed E-state index contributed by atoms with van der Waals surface area (Å²) in [4.78, 5) is 21.2. The highest BCUT2D eigenvalue weighted by atomic mass is 32.1. The number of aliphatic carboxylic acids is 1. The molecule has 10 heteroatoms. The van der Waals surface area contributed by atoms with Gasteiger partial charge < -0.3 is 14.4 Å². The van der Waals surface area contributed by atoms with E-state index in [0.717, 1.165) is 33.7 Å². The summed E-state index contributed by atoms with van der Waals surface area (Å²) < 4.78 is 46.0. The number of hydrogen-bond acceptors (Lipinski definition) is 5. The lowest BCUT2D eigenvalue weighted by molar-refractivity contribution is -0.152. The number of carbonyl (C=O) groups is 1. The molecule has 2 heterocycles. The van der Waals surface area contributed by atoms with Crippen molar-refractivity contribution in [3.63, 3.8) is 0 Å². The third-order valence-corrected chi connectivity index (χ3v) is 6.34. The largest absolute Gasteiger partial charge is 0.478 e. The molecular formula is C23H20F3N3O3S. The summed E-state index contributed by atoms with van der Waals surface area (Å²) in [6.07, 6.45) is -2.71. The number of ether oxygens (including phenoxy) is 1. The summed E-state index contributed by atoms with van der Waals surface area (Å²) in [5.41, 5.74) is 0.788. The first-order valence-electron chi connectivity index (χ1n) is 9.95. The van der Waals surface area contributed by atoms with Crippen LogP contribution in [0.25, 0.3) is 21.6 Å². The van der Waals surface area contributed by atoms with Crippen molar-refractivity contribution >= 4 is 28.3 Å². The van der Waals surface area contributed by atoms with Crippen LogP contribution >= 0.6 is 11.3 Å². The van der Waals surface area contributed by atoms with Crippen LogP contribution in [0.5, 0.6) is 5.75 Å². The molecule has 0 saturated heterocycles. The molecule has 0 saturated carbocycles. The molecule has 0 unspecified atom stereocenters. The van der Waals surface area contributed by atoms with Gasteiger partial charge in [-0.15, -0.1) is 11.3 Å². The molecule has 0 amide bonds. The minimum absolute atomic E-state index is 0.406. The van der Waals surface area contributed by atoms with E-state index in [4.69, 9.17) is 4.74 Å². The van der Waals surface area contributed by atoms with Gasteiger partial charge in [0, 0.05) is 16.5 Å². The van der Waals surface area contributed by atoms with E-state index in [-0.39, 0.29) is 0 Å². The number of alkyl halides is 3. The van der Waals surface area contributed by atoms with Crippen molar-refractivity contribution in [3.05, 3.63) is 64.9 Å². The number of benzene rings is 2. The smallest absolute Gasteiger partial charge is 0.416 e. The lowest BCUT2D eigenvalue weighted by Crippen LogP contribution is -2.37. The molecule has 6 nitrogen and oxygen atoms in total. The Balaban J connectivity index is 1.60. The number of carboxylic acid groups (broad SMARTS) is 1. The fourth-order valence-electron chi connectivity index (χ4n) is 3.22. The Hall–Kier alpha value is -3.40. The van der Waals surface area contributed by atoms with Gasteiger partial charge in [-0.25, -0.2) is 14.8 Å². The Morgan fingerprint density at radius 3 is 2.48 bits per heavy atom. The van der Waals surface area contributed by atoms with Gasteiger partial charge in [0.05, 0.1) is 35.2 Å². The molecule has 33 heavy (non-hydrogen) atoms. The third-order valence-electron chi connectivity index (χ3n) is 5.15. The first-order chi connectivity index (χ1) is 15.4.